The predicted octanol–water partition coefficient (Wildman–Crippen LogP) is -0.312. The van der Waals surface area contributed by atoms with Crippen LogP contribution in [0.1, 0.15) is 38.5 Å². The van der Waals surface area contributed by atoms with Crippen LogP contribution in [0, 0.1) is 11.8 Å². The Kier molecular flexibility index (Phi) is 5.45. The molecule has 1 saturated heterocycles. The van der Waals surface area contributed by atoms with Gasteiger partial charge in [0, 0.05) is 12.6 Å². The summed E-state index contributed by atoms with van der Waals surface area (Å²) in [7, 11) is -4.08. The summed E-state index contributed by atoms with van der Waals surface area (Å²) in [6, 6.07) is -0.593. The zero-order valence-corrected chi connectivity index (χ0v) is 16.0. The van der Waals surface area contributed by atoms with Crippen molar-refractivity contribution in [1.29, 1.82) is 0 Å². The van der Waals surface area contributed by atoms with Crippen molar-refractivity contribution < 1.29 is 27.4 Å². The van der Waals surface area contributed by atoms with Gasteiger partial charge in [-0.1, -0.05) is 0 Å². The molecule has 4 fully saturated rings. The number of halogens is 1. The Morgan fingerprint density at radius 1 is 1.26 bits per heavy atom. The van der Waals surface area contributed by atoms with E-state index in [1.54, 1.807) is 0 Å². The van der Waals surface area contributed by atoms with Crippen LogP contribution in [0.3, 0.4) is 0 Å². The first-order valence-corrected chi connectivity index (χ1v) is 11.3. The average molecular weight is 405 g/mol. The Balaban J connectivity index is 1.38. The van der Waals surface area contributed by atoms with Gasteiger partial charge in [-0.3, -0.25) is 4.79 Å². The lowest BCUT2D eigenvalue weighted by Crippen LogP contribution is -2.59. The number of rotatable bonds is 6. The third-order valence-electron chi connectivity index (χ3n) is 6.32. The van der Waals surface area contributed by atoms with Gasteiger partial charge in [0.05, 0.1) is 31.4 Å². The number of amides is 1. The van der Waals surface area contributed by atoms with E-state index in [1.165, 1.54) is 12.8 Å². The SMILES string of the molecule is O=C1CN(C2C(O)CC3CCC(OCCNC4CC4)CC3C2F)S(=O)(=O)N1. The number of alkyl halides is 1. The highest BCUT2D eigenvalue weighted by molar-refractivity contribution is 7.88. The molecule has 4 rings (SSSR count). The fraction of sp³-hybridized carbons (Fsp3) is 0.941. The molecule has 8 nitrogen and oxygen atoms in total. The molecule has 1 amide bonds. The van der Waals surface area contributed by atoms with Crippen LogP contribution < -0.4 is 10.0 Å². The summed E-state index contributed by atoms with van der Waals surface area (Å²) in [6.07, 6.45) is 2.24. The van der Waals surface area contributed by atoms with E-state index in [-0.39, 0.29) is 17.9 Å². The van der Waals surface area contributed by atoms with E-state index in [0.29, 0.717) is 25.5 Å². The summed E-state index contributed by atoms with van der Waals surface area (Å²) in [5.74, 6) is -1.03. The first-order valence-electron chi connectivity index (χ1n) is 9.84. The van der Waals surface area contributed by atoms with E-state index in [1.807, 2.05) is 4.72 Å². The van der Waals surface area contributed by atoms with Crippen molar-refractivity contribution in [3.05, 3.63) is 0 Å². The van der Waals surface area contributed by atoms with Crippen LogP contribution in [-0.4, -0.2) is 73.9 Å². The normalized spacial score (nSPS) is 41.9. The topological polar surface area (TPSA) is 108 Å². The van der Waals surface area contributed by atoms with Crippen LogP contribution in [-0.2, 0) is 19.7 Å². The molecule has 4 aliphatic rings. The quantitative estimate of drug-likeness (QED) is 0.523. The third-order valence-corrected chi connectivity index (χ3v) is 7.80. The van der Waals surface area contributed by atoms with Crippen LogP contribution in [0.4, 0.5) is 4.39 Å². The Hall–Kier alpha value is -0.810. The lowest BCUT2D eigenvalue weighted by atomic mass is 9.66. The van der Waals surface area contributed by atoms with Crippen molar-refractivity contribution in [2.24, 2.45) is 11.8 Å². The minimum atomic E-state index is -4.08. The van der Waals surface area contributed by atoms with Gasteiger partial charge in [0.25, 0.3) is 0 Å². The van der Waals surface area contributed by atoms with Gasteiger partial charge in [0.2, 0.25) is 5.91 Å². The average Bonchev–Trinajstić information content (AvgIpc) is 3.37. The summed E-state index contributed by atoms with van der Waals surface area (Å²) in [5.41, 5.74) is 0. The maximum absolute atomic E-state index is 15.4. The van der Waals surface area contributed by atoms with Gasteiger partial charge in [-0.2, -0.15) is 12.7 Å². The fourth-order valence-electron chi connectivity index (χ4n) is 4.83. The lowest BCUT2D eigenvalue weighted by molar-refractivity contribution is -0.120. The number of carbonyl (C=O) groups is 1. The van der Waals surface area contributed by atoms with E-state index >= 15 is 4.39 Å². The number of hydrogen-bond acceptors (Lipinski definition) is 6. The van der Waals surface area contributed by atoms with Gasteiger partial charge in [0.15, 0.2) is 0 Å². The Morgan fingerprint density at radius 2 is 2.04 bits per heavy atom. The van der Waals surface area contributed by atoms with Crippen molar-refractivity contribution in [3.8, 4) is 0 Å². The second kappa shape index (κ2) is 7.55. The van der Waals surface area contributed by atoms with Crippen LogP contribution in [0.5, 0.6) is 0 Å². The zero-order chi connectivity index (χ0) is 19.2. The van der Waals surface area contributed by atoms with Crippen molar-refractivity contribution >= 4 is 16.1 Å². The minimum absolute atomic E-state index is 0.0182. The van der Waals surface area contributed by atoms with E-state index in [9.17, 15) is 18.3 Å². The molecule has 27 heavy (non-hydrogen) atoms. The van der Waals surface area contributed by atoms with Gasteiger partial charge in [0.1, 0.15) is 6.17 Å². The fourth-order valence-corrected chi connectivity index (χ4v) is 6.16. The van der Waals surface area contributed by atoms with Gasteiger partial charge >= 0.3 is 10.2 Å². The third kappa shape index (κ3) is 4.14. The molecule has 3 aliphatic carbocycles. The largest absolute Gasteiger partial charge is 0.391 e. The smallest absolute Gasteiger partial charge is 0.304 e. The molecule has 3 saturated carbocycles. The number of hydrogen-bond donors (Lipinski definition) is 3. The van der Waals surface area contributed by atoms with Gasteiger partial charge in [-0.05, 0) is 50.4 Å². The monoisotopic (exact) mass is 405 g/mol. The highest BCUT2D eigenvalue weighted by Crippen LogP contribution is 2.45. The van der Waals surface area contributed by atoms with Crippen molar-refractivity contribution in [3.63, 3.8) is 0 Å². The molecule has 0 aromatic heterocycles. The molecule has 10 heteroatoms. The molecule has 0 bridgehead atoms. The molecule has 3 N–H and O–H groups in total. The molecule has 0 aromatic carbocycles. The van der Waals surface area contributed by atoms with Crippen LogP contribution in [0.25, 0.3) is 0 Å². The number of aliphatic hydroxyl groups excluding tert-OH is 1. The number of ether oxygens (including phenoxy) is 1. The van der Waals surface area contributed by atoms with Gasteiger partial charge < -0.3 is 15.2 Å². The van der Waals surface area contributed by atoms with Crippen molar-refractivity contribution in [2.45, 2.75) is 69.0 Å². The molecule has 1 heterocycles. The molecule has 6 unspecified atom stereocenters. The molecule has 1 aliphatic heterocycles. The Bertz CT molecular complexity index is 673. The number of fused-ring (bicyclic) bond motifs is 1. The number of nitrogens with zero attached hydrogens (tertiary/aromatic N) is 1. The van der Waals surface area contributed by atoms with Crippen LogP contribution >= 0.6 is 0 Å². The highest BCUT2D eigenvalue weighted by Gasteiger charge is 2.53. The predicted molar refractivity (Wildman–Crippen MR) is 94.7 cm³/mol. The highest BCUT2D eigenvalue weighted by atomic mass is 32.2. The van der Waals surface area contributed by atoms with Gasteiger partial charge in [-0.15, -0.1) is 0 Å². The van der Waals surface area contributed by atoms with E-state index < -0.39 is 41.0 Å². The summed E-state index contributed by atoms with van der Waals surface area (Å²) >= 11 is 0. The Labute approximate surface area is 159 Å². The second-order valence-corrected chi connectivity index (χ2v) is 9.90. The summed E-state index contributed by atoms with van der Waals surface area (Å²) in [6.45, 7) is 0.935. The molecule has 154 valence electrons. The summed E-state index contributed by atoms with van der Waals surface area (Å²) < 4.78 is 48.1. The van der Waals surface area contributed by atoms with Crippen LogP contribution in [0.2, 0.25) is 0 Å². The van der Waals surface area contributed by atoms with Crippen molar-refractivity contribution in [1.82, 2.24) is 14.3 Å². The minimum Gasteiger partial charge on any atom is -0.391 e. The Morgan fingerprint density at radius 3 is 2.70 bits per heavy atom. The summed E-state index contributed by atoms with van der Waals surface area (Å²) in [5, 5.41) is 13.8. The summed E-state index contributed by atoms with van der Waals surface area (Å²) in [4.78, 5) is 11.5. The maximum Gasteiger partial charge on any atom is 0.304 e. The zero-order valence-electron chi connectivity index (χ0n) is 15.2. The molecule has 6 atom stereocenters. The van der Waals surface area contributed by atoms with Crippen LogP contribution in [0.15, 0.2) is 0 Å². The molecule has 0 aromatic rings. The first-order chi connectivity index (χ1) is 12.8. The molecule has 0 radical (unpaired) electrons. The number of aliphatic hydroxyl groups is 1. The maximum atomic E-state index is 15.4. The van der Waals surface area contributed by atoms with Gasteiger partial charge in [-0.25, -0.2) is 9.11 Å². The van der Waals surface area contributed by atoms with Crippen molar-refractivity contribution in [2.75, 3.05) is 19.7 Å². The molecular formula is C17H28FN3O5S. The molecule has 0 spiro atoms. The number of nitrogens with one attached hydrogen (secondary N) is 2. The standard InChI is InChI=1S/C17H28FN3O5S/c18-16-13-8-12(26-6-5-19-11-2-3-11)4-1-10(13)7-14(22)17(16)21-9-15(23)20-27(21,24)25/h10-14,16-17,19,22H,1-9H2,(H,20,23). The second-order valence-electron chi connectivity index (χ2n) is 8.27. The lowest BCUT2D eigenvalue weighted by Gasteiger charge is -2.47. The van der Waals surface area contributed by atoms with E-state index in [0.717, 1.165) is 23.7 Å². The van der Waals surface area contributed by atoms with E-state index in [2.05, 4.69) is 5.32 Å². The molecular weight excluding hydrogens is 377 g/mol. The first kappa shape index (κ1) is 19.5. The number of carbonyl (C=O) groups excluding carboxylic acids is 1. The van der Waals surface area contributed by atoms with E-state index in [4.69, 9.17) is 4.74 Å².